The molecular formula is C25H46N2O4. The molecule has 180 valence electrons. The predicted molar refractivity (Wildman–Crippen MR) is 123 cm³/mol. The third kappa shape index (κ3) is 8.05. The molecule has 0 bridgehead atoms. The molecule has 2 aliphatic rings. The Balaban J connectivity index is 1.98. The Morgan fingerprint density at radius 1 is 0.677 bits per heavy atom. The van der Waals surface area contributed by atoms with Crippen molar-refractivity contribution in [2.75, 3.05) is 0 Å². The Labute approximate surface area is 188 Å². The molecule has 0 heterocycles. The van der Waals surface area contributed by atoms with Gasteiger partial charge in [0.25, 0.3) is 0 Å². The van der Waals surface area contributed by atoms with Gasteiger partial charge in [-0.25, -0.2) is 0 Å². The van der Waals surface area contributed by atoms with E-state index in [1.165, 1.54) is 0 Å². The van der Waals surface area contributed by atoms with Gasteiger partial charge >= 0.3 is 0 Å². The highest BCUT2D eigenvalue weighted by atomic mass is 16.3. The SMILES string of the molecule is CC(C)C[C@@H](NC(=O)CC(=O)N[C@H](CC(C)C)C1(O)CCCCC1)C1(O)CCCCC1. The Hall–Kier alpha value is -1.14. The van der Waals surface area contributed by atoms with Crippen molar-refractivity contribution in [3.05, 3.63) is 0 Å². The van der Waals surface area contributed by atoms with Gasteiger partial charge in [0.1, 0.15) is 6.42 Å². The predicted octanol–water partition coefficient (Wildman–Crippen LogP) is 3.83. The first-order valence-electron chi connectivity index (χ1n) is 12.6. The van der Waals surface area contributed by atoms with E-state index in [0.29, 0.717) is 50.4 Å². The van der Waals surface area contributed by atoms with Crippen LogP contribution in [0.3, 0.4) is 0 Å². The van der Waals surface area contributed by atoms with Crippen LogP contribution in [0, 0.1) is 11.8 Å². The molecular weight excluding hydrogens is 392 g/mol. The highest BCUT2D eigenvalue weighted by Gasteiger charge is 2.40. The van der Waals surface area contributed by atoms with Gasteiger partial charge in [-0.3, -0.25) is 9.59 Å². The van der Waals surface area contributed by atoms with Gasteiger partial charge in [0.2, 0.25) is 11.8 Å². The highest BCUT2D eigenvalue weighted by Crippen LogP contribution is 2.34. The molecule has 6 nitrogen and oxygen atoms in total. The van der Waals surface area contributed by atoms with Crippen LogP contribution in [-0.4, -0.2) is 45.3 Å². The van der Waals surface area contributed by atoms with E-state index < -0.39 is 11.2 Å². The maximum Gasteiger partial charge on any atom is 0.229 e. The largest absolute Gasteiger partial charge is 0.388 e. The Kier molecular flexibility index (Phi) is 9.81. The van der Waals surface area contributed by atoms with Crippen LogP contribution in [0.1, 0.15) is 111 Å². The lowest BCUT2D eigenvalue weighted by atomic mass is 9.76. The van der Waals surface area contributed by atoms with Crippen molar-refractivity contribution in [3.8, 4) is 0 Å². The van der Waals surface area contributed by atoms with Crippen LogP contribution in [0.5, 0.6) is 0 Å². The van der Waals surface area contributed by atoms with Gasteiger partial charge in [-0.1, -0.05) is 66.2 Å². The van der Waals surface area contributed by atoms with Gasteiger partial charge in [0.15, 0.2) is 0 Å². The van der Waals surface area contributed by atoms with Crippen molar-refractivity contribution < 1.29 is 19.8 Å². The highest BCUT2D eigenvalue weighted by molar-refractivity contribution is 5.97. The van der Waals surface area contributed by atoms with Crippen LogP contribution in [0.2, 0.25) is 0 Å². The van der Waals surface area contributed by atoms with Crippen LogP contribution >= 0.6 is 0 Å². The average molecular weight is 439 g/mol. The molecule has 6 heteroatoms. The maximum atomic E-state index is 12.7. The summed E-state index contributed by atoms with van der Waals surface area (Å²) >= 11 is 0. The first-order valence-corrected chi connectivity index (χ1v) is 12.6. The lowest BCUT2D eigenvalue weighted by molar-refractivity contribution is -0.134. The standard InChI is InChI=1S/C25H46N2O4/c1-18(2)15-20(24(30)11-7-5-8-12-24)26-22(28)17-23(29)27-21(16-19(3)4)25(31)13-9-6-10-14-25/h18-21,30-31H,5-17H2,1-4H3,(H,26,28)(H,27,29)/t20-,21-/m1/s1. The van der Waals surface area contributed by atoms with Gasteiger partial charge in [-0.05, 0) is 50.4 Å². The van der Waals surface area contributed by atoms with Gasteiger partial charge in [-0.15, -0.1) is 0 Å². The fraction of sp³-hybridized carbons (Fsp3) is 0.920. The molecule has 0 radical (unpaired) electrons. The third-order valence-electron chi connectivity index (χ3n) is 7.14. The van der Waals surface area contributed by atoms with E-state index in [4.69, 9.17) is 0 Å². The number of rotatable bonds is 10. The van der Waals surface area contributed by atoms with Gasteiger partial charge in [0.05, 0.1) is 23.3 Å². The Morgan fingerprint density at radius 3 is 1.29 bits per heavy atom. The summed E-state index contributed by atoms with van der Waals surface area (Å²) in [4.78, 5) is 25.5. The summed E-state index contributed by atoms with van der Waals surface area (Å²) in [5.74, 6) is -0.0238. The number of aliphatic hydroxyl groups is 2. The maximum absolute atomic E-state index is 12.7. The average Bonchev–Trinajstić information content (AvgIpc) is 2.67. The van der Waals surface area contributed by atoms with Crippen molar-refractivity contribution in [3.63, 3.8) is 0 Å². The second kappa shape index (κ2) is 11.6. The number of hydrogen-bond acceptors (Lipinski definition) is 4. The monoisotopic (exact) mass is 438 g/mol. The molecule has 4 N–H and O–H groups in total. The van der Waals surface area contributed by atoms with Crippen LogP contribution in [0.15, 0.2) is 0 Å². The molecule has 0 aromatic carbocycles. The smallest absolute Gasteiger partial charge is 0.229 e. The zero-order chi connectivity index (χ0) is 23.1. The summed E-state index contributed by atoms with van der Waals surface area (Å²) in [6.45, 7) is 8.33. The van der Waals surface area contributed by atoms with E-state index in [1.807, 2.05) is 0 Å². The molecule has 2 aliphatic carbocycles. The molecule has 2 saturated carbocycles. The summed E-state index contributed by atoms with van der Waals surface area (Å²) in [6.07, 6.45) is 10.0. The lowest BCUT2D eigenvalue weighted by Gasteiger charge is -2.41. The van der Waals surface area contributed by atoms with Crippen LogP contribution in [-0.2, 0) is 9.59 Å². The molecule has 0 saturated heterocycles. The topological polar surface area (TPSA) is 98.7 Å². The molecule has 2 fully saturated rings. The Bertz CT molecular complexity index is 528. The van der Waals surface area contributed by atoms with E-state index in [9.17, 15) is 19.8 Å². The first kappa shape index (κ1) is 26.1. The molecule has 31 heavy (non-hydrogen) atoms. The van der Waals surface area contributed by atoms with Gasteiger partial charge < -0.3 is 20.8 Å². The summed E-state index contributed by atoms with van der Waals surface area (Å²) in [6, 6.07) is -0.663. The van der Waals surface area contributed by atoms with Crippen molar-refractivity contribution >= 4 is 11.8 Å². The minimum absolute atomic E-state index is 0.269. The molecule has 2 atom stereocenters. The van der Waals surface area contributed by atoms with Crippen molar-refractivity contribution in [2.24, 2.45) is 11.8 Å². The minimum atomic E-state index is -0.883. The second-order valence-electron chi connectivity index (χ2n) is 11.0. The van der Waals surface area contributed by atoms with Gasteiger partial charge in [0, 0.05) is 0 Å². The fourth-order valence-electron chi connectivity index (χ4n) is 5.43. The van der Waals surface area contributed by atoms with E-state index in [-0.39, 0.29) is 30.3 Å². The molecule has 0 spiro atoms. The van der Waals surface area contributed by atoms with Crippen molar-refractivity contribution in [1.82, 2.24) is 10.6 Å². The number of nitrogens with one attached hydrogen (secondary N) is 2. The summed E-state index contributed by atoms with van der Waals surface area (Å²) in [7, 11) is 0. The number of amides is 2. The quantitative estimate of drug-likeness (QED) is 0.390. The van der Waals surface area contributed by atoms with Gasteiger partial charge in [-0.2, -0.15) is 0 Å². The summed E-state index contributed by atoms with van der Waals surface area (Å²) in [5.41, 5.74) is -1.77. The van der Waals surface area contributed by atoms with Crippen LogP contribution in [0.4, 0.5) is 0 Å². The first-order chi connectivity index (χ1) is 14.5. The summed E-state index contributed by atoms with van der Waals surface area (Å²) < 4.78 is 0. The van der Waals surface area contributed by atoms with E-state index >= 15 is 0 Å². The number of hydrogen-bond donors (Lipinski definition) is 4. The molecule has 2 rings (SSSR count). The molecule has 0 aliphatic heterocycles. The van der Waals surface area contributed by atoms with E-state index in [1.54, 1.807) is 0 Å². The molecule has 0 aromatic rings. The van der Waals surface area contributed by atoms with E-state index in [0.717, 1.165) is 38.5 Å². The zero-order valence-electron chi connectivity index (χ0n) is 20.2. The Morgan fingerprint density at radius 2 is 1.00 bits per heavy atom. The minimum Gasteiger partial charge on any atom is -0.388 e. The second-order valence-corrected chi connectivity index (χ2v) is 11.0. The van der Waals surface area contributed by atoms with Crippen molar-refractivity contribution in [2.45, 2.75) is 134 Å². The van der Waals surface area contributed by atoms with Crippen LogP contribution < -0.4 is 10.6 Å². The normalized spacial score (nSPS) is 22.7. The zero-order valence-corrected chi connectivity index (χ0v) is 20.2. The van der Waals surface area contributed by atoms with Crippen LogP contribution in [0.25, 0.3) is 0 Å². The van der Waals surface area contributed by atoms with E-state index in [2.05, 4.69) is 38.3 Å². The number of carbonyl (C=O) groups excluding carboxylic acids is 2. The molecule has 0 unspecified atom stereocenters. The summed E-state index contributed by atoms with van der Waals surface area (Å²) in [5, 5.41) is 28.3. The fourth-order valence-corrected chi connectivity index (χ4v) is 5.43. The molecule has 0 aromatic heterocycles. The molecule has 2 amide bonds. The number of carbonyl (C=O) groups is 2. The van der Waals surface area contributed by atoms with Crippen molar-refractivity contribution in [1.29, 1.82) is 0 Å². The lowest BCUT2D eigenvalue weighted by Crippen LogP contribution is -2.56. The third-order valence-corrected chi connectivity index (χ3v) is 7.14.